The first-order valence-electron chi connectivity index (χ1n) is 7.16. The third kappa shape index (κ3) is 4.83. The molecule has 1 fully saturated rings. The third-order valence-corrected chi connectivity index (χ3v) is 5.04. The van der Waals surface area contributed by atoms with E-state index in [1.54, 1.807) is 0 Å². The Morgan fingerprint density at radius 1 is 1.47 bits per heavy atom. The molecule has 106 valence electrons. The van der Waals surface area contributed by atoms with Gasteiger partial charge in [0.2, 0.25) is 0 Å². The SMILES string of the molecule is Cc1cccc(CCC(C)NCC2(O)CCSC2)c1. The normalized spacial score (nSPS) is 24.6. The van der Waals surface area contributed by atoms with Crippen molar-refractivity contribution in [3.05, 3.63) is 35.4 Å². The van der Waals surface area contributed by atoms with Crippen molar-refractivity contribution >= 4 is 11.8 Å². The molecule has 2 N–H and O–H groups in total. The first-order valence-corrected chi connectivity index (χ1v) is 8.32. The molecule has 0 aliphatic carbocycles. The van der Waals surface area contributed by atoms with Gasteiger partial charge < -0.3 is 10.4 Å². The van der Waals surface area contributed by atoms with Crippen molar-refractivity contribution in [3.63, 3.8) is 0 Å². The summed E-state index contributed by atoms with van der Waals surface area (Å²) in [5.74, 6) is 1.97. The van der Waals surface area contributed by atoms with Crippen LogP contribution in [0.5, 0.6) is 0 Å². The second kappa shape index (κ2) is 6.78. The smallest absolute Gasteiger partial charge is 0.0869 e. The predicted molar refractivity (Wildman–Crippen MR) is 83.9 cm³/mol. The Morgan fingerprint density at radius 2 is 2.32 bits per heavy atom. The van der Waals surface area contributed by atoms with Crippen molar-refractivity contribution in [2.24, 2.45) is 0 Å². The molecule has 2 unspecified atom stereocenters. The summed E-state index contributed by atoms with van der Waals surface area (Å²) in [6, 6.07) is 9.17. The highest BCUT2D eigenvalue weighted by molar-refractivity contribution is 7.99. The van der Waals surface area contributed by atoms with Crippen LogP contribution in [-0.2, 0) is 6.42 Å². The lowest BCUT2D eigenvalue weighted by Crippen LogP contribution is -2.43. The maximum Gasteiger partial charge on any atom is 0.0869 e. The molecule has 0 radical (unpaired) electrons. The predicted octanol–water partition coefficient (Wildman–Crippen LogP) is 2.77. The molecule has 1 aliphatic heterocycles. The second-order valence-corrected chi connectivity index (χ2v) is 6.94. The lowest BCUT2D eigenvalue weighted by Gasteiger charge is -2.24. The van der Waals surface area contributed by atoms with E-state index in [0.29, 0.717) is 6.04 Å². The van der Waals surface area contributed by atoms with Crippen LogP contribution in [0, 0.1) is 6.92 Å². The van der Waals surface area contributed by atoms with E-state index in [9.17, 15) is 5.11 Å². The van der Waals surface area contributed by atoms with Gasteiger partial charge in [-0.25, -0.2) is 0 Å². The second-order valence-electron chi connectivity index (χ2n) is 5.84. The van der Waals surface area contributed by atoms with Crippen molar-refractivity contribution in [2.45, 2.75) is 44.8 Å². The first kappa shape index (κ1) is 14.9. The molecule has 2 atom stereocenters. The van der Waals surface area contributed by atoms with Crippen LogP contribution in [0.3, 0.4) is 0 Å². The van der Waals surface area contributed by atoms with E-state index in [-0.39, 0.29) is 0 Å². The number of benzene rings is 1. The molecule has 1 saturated heterocycles. The maximum atomic E-state index is 10.3. The van der Waals surface area contributed by atoms with Gasteiger partial charge in [0.25, 0.3) is 0 Å². The molecule has 0 saturated carbocycles. The van der Waals surface area contributed by atoms with Gasteiger partial charge in [0, 0.05) is 18.3 Å². The Labute approximate surface area is 121 Å². The monoisotopic (exact) mass is 279 g/mol. The summed E-state index contributed by atoms with van der Waals surface area (Å²) < 4.78 is 0. The van der Waals surface area contributed by atoms with Crippen LogP contribution in [0.25, 0.3) is 0 Å². The lowest BCUT2D eigenvalue weighted by atomic mass is 10.0. The maximum absolute atomic E-state index is 10.3. The van der Waals surface area contributed by atoms with E-state index in [1.165, 1.54) is 11.1 Å². The topological polar surface area (TPSA) is 32.3 Å². The molecule has 19 heavy (non-hydrogen) atoms. The molecule has 1 aromatic carbocycles. The van der Waals surface area contributed by atoms with Crippen molar-refractivity contribution in [3.8, 4) is 0 Å². The van der Waals surface area contributed by atoms with E-state index < -0.39 is 5.60 Å². The molecular weight excluding hydrogens is 254 g/mol. The van der Waals surface area contributed by atoms with Gasteiger partial charge in [-0.1, -0.05) is 29.8 Å². The Morgan fingerprint density at radius 3 is 3.00 bits per heavy atom. The number of aryl methyl sites for hydroxylation is 2. The van der Waals surface area contributed by atoms with Crippen LogP contribution >= 0.6 is 11.8 Å². The zero-order chi connectivity index (χ0) is 13.7. The van der Waals surface area contributed by atoms with Gasteiger partial charge in [0.15, 0.2) is 0 Å². The molecule has 2 nitrogen and oxygen atoms in total. The van der Waals surface area contributed by atoms with Crippen molar-refractivity contribution in [1.29, 1.82) is 0 Å². The molecular formula is C16H25NOS. The Hall–Kier alpha value is -0.510. The average molecular weight is 279 g/mol. The van der Waals surface area contributed by atoms with Gasteiger partial charge in [-0.3, -0.25) is 0 Å². The standard InChI is InChI=1S/C16H25NOS/c1-13-4-3-5-15(10-13)7-6-14(2)17-11-16(18)8-9-19-12-16/h3-5,10,14,17-18H,6-9,11-12H2,1-2H3. The van der Waals surface area contributed by atoms with E-state index >= 15 is 0 Å². The molecule has 1 aliphatic rings. The number of rotatable bonds is 6. The van der Waals surface area contributed by atoms with Gasteiger partial charge in [-0.05, 0) is 44.4 Å². The van der Waals surface area contributed by atoms with Gasteiger partial charge in [-0.2, -0.15) is 11.8 Å². The van der Waals surface area contributed by atoms with Gasteiger partial charge in [0.05, 0.1) is 5.60 Å². The van der Waals surface area contributed by atoms with Crippen LogP contribution in [0.15, 0.2) is 24.3 Å². The van der Waals surface area contributed by atoms with Crippen LogP contribution in [0.4, 0.5) is 0 Å². The summed E-state index contributed by atoms with van der Waals surface area (Å²) >= 11 is 1.85. The van der Waals surface area contributed by atoms with Gasteiger partial charge in [0.1, 0.15) is 0 Å². The minimum atomic E-state index is -0.470. The van der Waals surface area contributed by atoms with Gasteiger partial charge in [-0.15, -0.1) is 0 Å². The fraction of sp³-hybridized carbons (Fsp3) is 0.625. The van der Waals surface area contributed by atoms with Crippen molar-refractivity contribution < 1.29 is 5.11 Å². The minimum absolute atomic E-state index is 0.454. The Bertz CT molecular complexity index is 401. The summed E-state index contributed by atoms with van der Waals surface area (Å²) in [5.41, 5.74) is 2.27. The zero-order valence-corrected chi connectivity index (χ0v) is 12.8. The molecule has 0 bridgehead atoms. The molecule has 2 rings (SSSR count). The summed E-state index contributed by atoms with van der Waals surface area (Å²) in [6.45, 7) is 5.08. The molecule has 3 heteroatoms. The Balaban J connectivity index is 1.71. The number of aliphatic hydroxyl groups is 1. The van der Waals surface area contributed by atoms with Crippen LogP contribution in [0.1, 0.15) is 30.9 Å². The molecule has 0 aromatic heterocycles. The van der Waals surface area contributed by atoms with E-state index in [4.69, 9.17) is 0 Å². The van der Waals surface area contributed by atoms with Crippen molar-refractivity contribution in [1.82, 2.24) is 5.32 Å². The minimum Gasteiger partial charge on any atom is -0.388 e. The van der Waals surface area contributed by atoms with Gasteiger partial charge >= 0.3 is 0 Å². The summed E-state index contributed by atoms with van der Waals surface area (Å²) in [5, 5.41) is 13.8. The van der Waals surface area contributed by atoms with Crippen LogP contribution in [-0.4, -0.2) is 34.8 Å². The van der Waals surface area contributed by atoms with E-state index in [2.05, 4.69) is 43.4 Å². The first-order chi connectivity index (χ1) is 9.07. The number of hydrogen-bond acceptors (Lipinski definition) is 3. The van der Waals surface area contributed by atoms with Crippen LogP contribution in [0.2, 0.25) is 0 Å². The zero-order valence-electron chi connectivity index (χ0n) is 12.0. The molecule has 1 aromatic rings. The van der Waals surface area contributed by atoms with Crippen LogP contribution < -0.4 is 5.32 Å². The quantitative estimate of drug-likeness (QED) is 0.840. The molecule has 0 amide bonds. The number of thioether (sulfide) groups is 1. The molecule has 1 heterocycles. The average Bonchev–Trinajstić information content (AvgIpc) is 2.82. The van der Waals surface area contributed by atoms with E-state index in [0.717, 1.165) is 37.3 Å². The highest BCUT2D eigenvalue weighted by Crippen LogP contribution is 2.27. The number of nitrogens with one attached hydrogen (secondary N) is 1. The number of hydrogen-bond donors (Lipinski definition) is 2. The summed E-state index contributed by atoms with van der Waals surface area (Å²) in [7, 11) is 0. The highest BCUT2D eigenvalue weighted by Gasteiger charge is 2.31. The summed E-state index contributed by atoms with van der Waals surface area (Å²) in [6.07, 6.45) is 3.14. The highest BCUT2D eigenvalue weighted by atomic mass is 32.2. The van der Waals surface area contributed by atoms with Crippen molar-refractivity contribution in [2.75, 3.05) is 18.1 Å². The van der Waals surface area contributed by atoms with E-state index in [1.807, 2.05) is 11.8 Å². The fourth-order valence-corrected chi connectivity index (χ4v) is 3.75. The largest absolute Gasteiger partial charge is 0.388 e. The third-order valence-electron chi connectivity index (χ3n) is 3.81. The summed E-state index contributed by atoms with van der Waals surface area (Å²) in [4.78, 5) is 0. The fourth-order valence-electron chi connectivity index (χ4n) is 2.45. The Kier molecular flexibility index (Phi) is 5.31. The molecule has 0 spiro atoms. The lowest BCUT2D eigenvalue weighted by molar-refractivity contribution is 0.0649.